The molecular weight excluding hydrogens is 304 g/mol. The number of methoxy groups -OCH3 is 1. The van der Waals surface area contributed by atoms with Crippen molar-refractivity contribution in [1.29, 1.82) is 0 Å². The second-order valence-corrected chi connectivity index (χ2v) is 5.82. The molecule has 1 aromatic carbocycles. The summed E-state index contributed by atoms with van der Waals surface area (Å²) in [6.45, 7) is 3.03. The van der Waals surface area contributed by atoms with Crippen LogP contribution in [0.1, 0.15) is 35.7 Å². The van der Waals surface area contributed by atoms with E-state index in [1.54, 1.807) is 37.7 Å². The minimum Gasteiger partial charge on any atom is -0.493 e. The van der Waals surface area contributed by atoms with Crippen molar-refractivity contribution >= 4 is 5.91 Å². The first-order valence-electron chi connectivity index (χ1n) is 8.23. The topological polar surface area (TPSA) is 51.7 Å². The number of pyridine rings is 1. The number of hydrogen-bond donors (Lipinski definition) is 0. The molecule has 3 rings (SSSR count). The monoisotopic (exact) mass is 326 g/mol. The number of hydrogen-bond acceptors (Lipinski definition) is 4. The molecule has 0 aliphatic heterocycles. The number of benzene rings is 1. The standard InChI is InChI=1S/C19H22N2O3/c1-3-24-18-12-15(4-7-17(18)23-2)19(22)21(16-5-6-16)13-14-8-10-20-11-9-14/h4,7-12,16H,3,5-6,13H2,1-2H3. The summed E-state index contributed by atoms with van der Waals surface area (Å²) >= 11 is 0. The summed E-state index contributed by atoms with van der Waals surface area (Å²) in [5, 5.41) is 0. The van der Waals surface area contributed by atoms with Gasteiger partial charge in [0.1, 0.15) is 0 Å². The van der Waals surface area contributed by atoms with Crippen LogP contribution in [-0.2, 0) is 6.54 Å². The molecule has 1 aromatic heterocycles. The van der Waals surface area contributed by atoms with E-state index in [0.29, 0.717) is 36.3 Å². The Labute approximate surface area is 142 Å². The van der Waals surface area contributed by atoms with Crippen molar-refractivity contribution in [3.05, 3.63) is 53.9 Å². The lowest BCUT2D eigenvalue weighted by Gasteiger charge is -2.23. The van der Waals surface area contributed by atoms with Gasteiger partial charge in [0, 0.05) is 30.5 Å². The smallest absolute Gasteiger partial charge is 0.254 e. The van der Waals surface area contributed by atoms with Crippen molar-refractivity contribution in [1.82, 2.24) is 9.88 Å². The third-order valence-corrected chi connectivity index (χ3v) is 4.06. The molecule has 0 atom stereocenters. The molecule has 1 aliphatic rings. The summed E-state index contributed by atoms with van der Waals surface area (Å²) in [5.41, 5.74) is 1.71. The van der Waals surface area contributed by atoms with Gasteiger partial charge >= 0.3 is 0 Å². The van der Waals surface area contributed by atoms with Crippen LogP contribution in [0.3, 0.4) is 0 Å². The zero-order valence-electron chi connectivity index (χ0n) is 14.1. The van der Waals surface area contributed by atoms with Crippen LogP contribution in [0.5, 0.6) is 11.5 Å². The van der Waals surface area contributed by atoms with Crippen molar-refractivity contribution in [3.63, 3.8) is 0 Å². The molecule has 0 N–H and O–H groups in total. The van der Waals surface area contributed by atoms with Gasteiger partial charge in [-0.3, -0.25) is 9.78 Å². The molecule has 5 heteroatoms. The average Bonchev–Trinajstić information content (AvgIpc) is 3.45. The Balaban J connectivity index is 1.83. The molecule has 0 unspecified atom stereocenters. The fourth-order valence-electron chi connectivity index (χ4n) is 2.68. The van der Waals surface area contributed by atoms with Crippen molar-refractivity contribution in [2.24, 2.45) is 0 Å². The van der Waals surface area contributed by atoms with E-state index in [1.807, 2.05) is 24.0 Å². The van der Waals surface area contributed by atoms with Crippen LogP contribution in [0.4, 0.5) is 0 Å². The highest BCUT2D eigenvalue weighted by molar-refractivity contribution is 5.95. The predicted molar refractivity (Wildman–Crippen MR) is 91.3 cm³/mol. The van der Waals surface area contributed by atoms with E-state index in [1.165, 1.54) is 0 Å². The van der Waals surface area contributed by atoms with E-state index in [4.69, 9.17) is 9.47 Å². The van der Waals surface area contributed by atoms with Gasteiger partial charge in [-0.15, -0.1) is 0 Å². The van der Waals surface area contributed by atoms with Gasteiger partial charge in [-0.25, -0.2) is 0 Å². The quantitative estimate of drug-likeness (QED) is 0.783. The number of nitrogens with zero attached hydrogens (tertiary/aromatic N) is 2. The number of ether oxygens (including phenoxy) is 2. The summed E-state index contributed by atoms with van der Waals surface area (Å²) in [5.74, 6) is 1.27. The van der Waals surface area contributed by atoms with Crippen molar-refractivity contribution in [2.45, 2.75) is 32.4 Å². The van der Waals surface area contributed by atoms with Gasteiger partial charge in [-0.1, -0.05) is 0 Å². The highest BCUT2D eigenvalue weighted by Crippen LogP contribution is 2.32. The highest BCUT2D eigenvalue weighted by Gasteiger charge is 2.33. The summed E-state index contributed by atoms with van der Waals surface area (Å²) in [6.07, 6.45) is 5.63. The Kier molecular flexibility index (Phi) is 4.99. The van der Waals surface area contributed by atoms with Crippen LogP contribution >= 0.6 is 0 Å². The Morgan fingerprint density at radius 1 is 1.21 bits per heavy atom. The van der Waals surface area contributed by atoms with Gasteiger partial charge in [0.15, 0.2) is 11.5 Å². The van der Waals surface area contributed by atoms with Crippen molar-refractivity contribution in [3.8, 4) is 11.5 Å². The largest absolute Gasteiger partial charge is 0.493 e. The number of amides is 1. The second kappa shape index (κ2) is 7.34. The van der Waals surface area contributed by atoms with Crippen LogP contribution in [0.15, 0.2) is 42.7 Å². The second-order valence-electron chi connectivity index (χ2n) is 5.82. The van der Waals surface area contributed by atoms with Gasteiger partial charge in [0.05, 0.1) is 13.7 Å². The van der Waals surface area contributed by atoms with E-state index < -0.39 is 0 Å². The maximum absolute atomic E-state index is 13.0. The molecule has 0 bridgehead atoms. The minimum atomic E-state index is 0.0259. The van der Waals surface area contributed by atoms with Crippen molar-refractivity contribution < 1.29 is 14.3 Å². The van der Waals surface area contributed by atoms with E-state index >= 15 is 0 Å². The van der Waals surface area contributed by atoms with E-state index in [0.717, 1.165) is 18.4 Å². The molecule has 126 valence electrons. The number of aromatic nitrogens is 1. The highest BCUT2D eigenvalue weighted by atomic mass is 16.5. The Hall–Kier alpha value is -2.56. The Bertz CT molecular complexity index is 699. The van der Waals surface area contributed by atoms with E-state index in [9.17, 15) is 4.79 Å². The summed E-state index contributed by atoms with van der Waals surface area (Å²) in [6, 6.07) is 9.57. The predicted octanol–water partition coefficient (Wildman–Crippen LogP) is 3.29. The fourth-order valence-corrected chi connectivity index (χ4v) is 2.68. The maximum atomic E-state index is 13.0. The third-order valence-electron chi connectivity index (χ3n) is 4.06. The van der Waals surface area contributed by atoms with Crippen LogP contribution in [0.2, 0.25) is 0 Å². The lowest BCUT2D eigenvalue weighted by atomic mass is 10.1. The van der Waals surface area contributed by atoms with E-state index in [2.05, 4.69) is 4.98 Å². The summed E-state index contributed by atoms with van der Waals surface area (Å²) in [4.78, 5) is 19.0. The molecule has 0 saturated heterocycles. The molecule has 24 heavy (non-hydrogen) atoms. The maximum Gasteiger partial charge on any atom is 0.254 e. The Morgan fingerprint density at radius 3 is 2.58 bits per heavy atom. The van der Waals surface area contributed by atoms with Crippen LogP contribution in [-0.4, -0.2) is 35.5 Å². The SMILES string of the molecule is CCOc1cc(C(=O)N(Cc2ccncc2)C2CC2)ccc1OC. The number of rotatable bonds is 7. The van der Waals surface area contributed by atoms with Gasteiger partial charge < -0.3 is 14.4 Å². The minimum absolute atomic E-state index is 0.0259. The van der Waals surface area contributed by atoms with Crippen LogP contribution < -0.4 is 9.47 Å². The van der Waals surface area contributed by atoms with Crippen LogP contribution in [0, 0.1) is 0 Å². The van der Waals surface area contributed by atoms with Gasteiger partial charge in [-0.05, 0) is 55.7 Å². The third kappa shape index (κ3) is 3.67. The van der Waals surface area contributed by atoms with Crippen LogP contribution in [0.25, 0.3) is 0 Å². The first kappa shape index (κ1) is 16.3. The summed E-state index contributed by atoms with van der Waals surface area (Å²) in [7, 11) is 1.60. The van der Waals surface area contributed by atoms with Gasteiger partial charge in [-0.2, -0.15) is 0 Å². The normalized spacial score (nSPS) is 13.4. The number of carbonyl (C=O) groups is 1. The Morgan fingerprint density at radius 2 is 1.96 bits per heavy atom. The first-order valence-corrected chi connectivity index (χ1v) is 8.23. The molecule has 5 nitrogen and oxygen atoms in total. The van der Waals surface area contributed by atoms with Gasteiger partial charge in [0.2, 0.25) is 0 Å². The lowest BCUT2D eigenvalue weighted by Crippen LogP contribution is -2.32. The molecule has 1 saturated carbocycles. The molecule has 0 radical (unpaired) electrons. The molecule has 0 spiro atoms. The molecule has 1 heterocycles. The average molecular weight is 326 g/mol. The number of carbonyl (C=O) groups excluding carboxylic acids is 1. The molecule has 2 aromatic rings. The van der Waals surface area contributed by atoms with Crippen molar-refractivity contribution in [2.75, 3.05) is 13.7 Å². The first-order chi connectivity index (χ1) is 11.7. The molecule has 1 aliphatic carbocycles. The molecule has 1 fully saturated rings. The lowest BCUT2D eigenvalue weighted by molar-refractivity contribution is 0.0729. The molecular formula is C19H22N2O3. The zero-order valence-corrected chi connectivity index (χ0v) is 14.1. The fraction of sp³-hybridized carbons (Fsp3) is 0.368. The molecule has 1 amide bonds. The summed E-state index contributed by atoms with van der Waals surface area (Å²) < 4.78 is 10.9. The zero-order chi connectivity index (χ0) is 16.9. The van der Waals surface area contributed by atoms with Gasteiger partial charge in [0.25, 0.3) is 5.91 Å². The van der Waals surface area contributed by atoms with E-state index in [-0.39, 0.29) is 5.91 Å².